The first-order valence-corrected chi connectivity index (χ1v) is 10.7. The van der Waals surface area contributed by atoms with Crippen LogP contribution in [0.4, 0.5) is 20.6 Å². The van der Waals surface area contributed by atoms with Gasteiger partial charge < -0.3 is 26.0 Å². The quantitative estimate of drug-likeness (QED) is 0.484. The Kier molecular flexibility index (Phi) is 6.35. The summed E-state index contributed by atoms with van der Waals surface area (Å²) in [5.74, 6) is -2.26. The SMILES string of the molecule is O=C(Nc1ccc(Cl)cc1)NC1(C(=O)Nc2ccc(C(=O)N3CC=CC3)cc2F)CC1CO. The third kappa shape index (κ3) is 4.84. The standard InChI is InChI=1S/C23H22ClFN4O4/c24-16-4-6-17(7-5-16)26-22(33)28-23(12-15(23)13-30)21(32)27-19-8-3-14(11-18(19)25)20(31)29-9-1-2-10-29/h1-8,11,15,30H,9-10,12-13H2,(H,27,32)(H2,26,28,33). The first-order valence-electron chi connectivity index (χ1n) is 10.3. The monoisotopic (exact) mass is 472 g/mol. The Morgan fingerprint density at radius 2 is 1.79 bits per heavy atom. The number of urea groups is 1. The van der Waals surface area contributed by atoms with Crippen LogP contribution in [0.25, 0.3) is 0 Å². The fourth-order valence-corrected chi connectivity index (χ4v) is 3.87. The molecule has 1 saturated carbocycles. The van der Waals surface area contributed by atoms with Gasteiger partial charge in [0, 0.05) is 41.9 Å². The highest BCUT2D eigenvalue weighted by atomic mass is 35.5. The number of halogens is 2. The molecule has 2 atom stereocenters. The minimum atomic E-state index is -1.38. The van der Waals surface area contributed by atoms with E-state index in [0.29, 0.717) is 23.8 Å². The number of nitrogens with zero attached hydrogens (tertiary/aromatic N) is 1. The summed E-state index contributed by atoms with van der Waals surface area (Å²) in [5.41, 5.74) is -0.871. The van der Waals surface area contributed by atoms with Crippen LogP contribution in [0.2, 0.25) is 5.02 Å². The number of carbonyl (C=O) groups is 3. The van der Waals surface area contributed by atoms with Gasteiger partial charge in [-0.05, 0) is 48.9 Å². The Balaban J connectivity index is 1.43. The molecule has 4 N–H and O–H groups in total. The van der Waals surface area contributed by atoms with Gasteiger partial charge in [0.1, 0.15) is 11.4 Å². The number of anilines is 2. The van der Waals surface area contributed by atoms with Crippen LogP contribution in [0, 0.1) is 11.7 Å². The number of rotatable bonds is 6. The summed E-state index contributed by atoms with van der Waals surface area (Å²) < 4.78 is 14.7. The molecule has 1 aliphatic carbocycles. The van der Waals surface area contributed by atoms with Crippen molar-refractivity contribution in [3.63, 3.8) is 0 Å². The first-order chi connectivity index (χ1) is 15.8. The van der Waals surface area contributed by atoms with E-state index in [-0.39, 0.29) is 30.2 Å². The number of hydrogen-bond donors (Lipinski definition) is 4. The smallest absolute Gasteiger partial charge is 0.320 e. The van der Waals surface area contributed by atoms with Gasteiger partial charge in [-0.25, -0.2) is 9.18 Å². The van der Waals surface area contributed by atoms with Crippen molar-refractivity contribution in [1.82, 2.24) is 10.2 Å². The molecular weight excluding hydrogens is 451 g/mol. The summed E-state index contributed by atoms with van der Waals surface area (Å²) in [6, 6.07) is 9.56. The van der Waals surface area contributed by atoms with Crippen LogP contribution in [0.15, 0.2) is 54.6 Å². The molecule has 1 heterocycles. The van der Waals surface area contributed by atoms with Crippen molar-refractivity contribution in [1.29, 1.82) is 0 Å². The van der Waals surface area contributed by atoms with E-state index in [1.165, 1.54) is 12.1 Å². The summed E-state index contributed by atoms with van der Waals surface area (Å²) in [6.45, 7) is 0.607. The maximum absolute atomic E-state index is 14.7. The van der Waals surface area contributed by atoms with E-state index in [1.54, 1.807) is 29.2 Å². The van der Waals surface area contributed by atoms with Crippen LogP contribution < -0.4 is 16.0 Å². The fourth-order valence-electron chi connectivity index (χ4n) is 3.75. The lowest BCUT2D eigenvalue weighted by molar-refractivity contribution is -0.119. The predicted molar refractivity (Wildman–Crippen MR) is 122 cm³/mol. The van der Waals surface area contributed by atoms with E-state index in [1.807, 2.05) is 12.2 Å². The van der Waals surface area contributed by atoms with Crippen molar-refractivity contribution in [3.05, 3.63) is 71.0 Å². The molecular formula is C23H22ClFN4O4. The predicted octanol–water partition coefficient (Wildman–Crippen LogP) is 3.00. The average molecular weight is 473 g/mol. The normalized spacial score (nSPS) is 20.9. The van der Waals surface area contributed by atoms with Crippen molar-refractivity contribution >= 4 is 40.8 Å². The Hall–Kier alpha value is -3.43. The van der Waals surface area contributed by atoms with Gasteiger partial charge in [-0.15, -0.1) is 0 Å². The Labute approximate surface area is 194 Å². The molecule has 0 aromatic heterocycles. The van der Waals surface area contributed by atoms with Gasteiger partial charge in [0.05, 0.1) is 5.69 Å². The molecule has 1 fully saturated rings. The number of benzene rings is 2. The molecule has 8 nitrogen and oxygen atoms in total. The molecule has 0 bridgehead atoms. The molecule has 4 rings (SSSR count). The maximum Gasteiger partial charge on any atom is 0.320 e. The second kappa shape index (κ2) is 9.21. The molecule has 10 heteroatoms. The number of nitrogens with one attached hydrogen (secondary N) is 3. The molecule has 0 radical (unpaired) electrons. The number of aliphatic hydroxyl groups excluding tert-OH is 1. The number of hydrogen-bond acceptors (Lipinski definition) is 4. The van der Waals surface area contributed by atoms with Crippen LogP contribution in [-0.2, 0) is 4.79 Å². The van der Waals surface area contributed by atoms with Crippen LogP contribution in [0.1, 0.15) is 16.8 Å². The van der Waals surface area contributed by atoms with Gasteiger partial charge in [-0.1, -0.05) is 23.8 Å². The zero-order valence-corrected chi connectivity index (χ0v) is 18.2. The topological polar surface area (TPSA) is 111 Å². The molecule has 0 saturated heterocycles. The van der Waals surface area contributed by atoms with E-state index in [2.05, 4.69) is 16.0 Å². The summed E-state index contributed by atoms with van der Waals surface area (Å²) in [7, 11) is 0. The zero-order valence-electron chi connectivity index (χ0n) is 17.5. The number of amides is 4. The van der Waals surface area contributed by atoms with E-state index < -0.39 is 29.2 Å². The highest BCUT2D eigenvalue weighted by Gasteiger charge is 2.61. The van der Waals surface area contributed by atoms with Gasteiger partial charge in [0.25, 0.3) is 11.8 Å². The van der Waals surface area contributed by atoms with Gasteiger partial charge in [-0.2, -0.15) is 0 Å². The van der Waals surface area contributed by atoms with Crippen LogP contribution in [-0.4, -0.2) is 53.1 Å². The highest BCUT2D eigenvalue weighted by molar-refractivity contribution is 6.30. The maximum atomic E-state index is 14.7. The number of aliphatic hydroxyl groups is 1. The average Bonchev–Trinajstić information content (AvgIpc) is 3.23. The highest BCUT2D eigenvalue weighted by Crippen LogP contribution is 2.44. The van der Waals surface area contributed by atoms with Gasteiger partial charge >= 0.3 is 6.03 Å². The Bertz CT molecular complexity index is 1120. The lowest BCUT2D eigenvalue weighted by Crippen LogP contribution is -2.49. The molecule has 1 aliphatic heterocycles. The van der Waals surface area contributed by atoms with E-state index in [9.17, 15) is 23.9 Å². The minimum absolute atomic E-state index is 0.126. The largest absolute Gasteiger partial charge is 0.396 e. The summed E-state index contributed by atoms with van der Waals surface area (Å²) in [4.78, 5) is 39.4. The van der Waals surface area contributed by atoms with Gasteiger partial charge in [0.15, 0.2) is 0 Å². The molecule has 2 aliphatic rings. The summed E-state index contributed by atoms with van der Waals surface area (Å²) >= 11 is 5.83. The molecule has 2 aromatic rings. The lowest BCUT2D eigenvalue weighted by atomic mass is 10.1. The molecule has 172 valence electrons. The molecule has 2 aromatic carbocycles. The van der Waals surface area contributed by atoms with E-state index in [0.717, 1.165) is 6.07 Å². The zero-order chi connectivity index (χ0) is 23.6. The molecule has 0 spiro atoms. The van der Waals surface area contributed by atoms with Crippen molar-refractivity contribution in [2.24, 2.45) is 5.92 Å². The second-order valence-electron chi connectivity index (χ2n) is 7.97. The molecule has 4 amide bonds. The van der Waals surface area contributed by atoms with Crippen molar-refractivity contribution in [2.75, 3.05) is 30.3 Å². The van der Waals surface area contributed by atoms with Crippen LogP contribution in [0.5, 0.6) is 0 Å². The summed E-state index contributed by atoms with van der Waals surface area (Å²) in [6.07, 6.45) is 3.90. The number of carbonyl (C=O) groups excluding carboxylic acids is 3. The van der Waals surface area contributed by atoms with Gasteiger partial charge in [0.2, 0.25) is 0 Å². The third-order valence-electron chi connectivity index (χ3n) is 5.74. The van der Waals surface area contributed by atoms with E-state index in [4.69, 9.17) is 11.6 Å². The molecule has 33 heavy (non-hydrogen) atoms. The van der Waals surface area contributed by atoms with Crippen molar-refractivity contribution in [2.45, 2.75) is 12.0 Å². The Morgan fingerprint density at radius 1 is 1.09 bits per heavy atom. The van der Waals surface area contributed by atoms with Crippen molar-refractivity contribution < 1.29 is 23.9 Å². The van der Waals surface area contributed by atoms with Crippen LogP contribution in [0.3, 0.4) is 0 Å². The first kappa shape index (κ1) is 22.8. The Morgan fingerprint density at radius 3 is 2.39 bits per heavy atom. The lowest BCUT2D eigenvalue weighted by Gasteiger charge is -2.20. The van der Waals surface area contributed by atoms with E-state index >= 15 is 0 Å². The second-order valence-corrected chi connectivity index (χ2v) is 8.41. The van der Waals surface area contributed by atoms with Crippen molar-refractivity contribution in [3.8, 4) is 0 Å². The minimum Gasteiger partial charge on any atom is -0.396 e. The summed E-state index contributed by atoms with van der Waals surface area (Å²) in [5, 5.41) is 17.7. The van der Waals surface area contributed by atoms with Crippen LogP contribution >= 0.6 is 11.6 Å². The fraction of sp³-hybridized carbons (Fsp3) is 0.261. The third-order valence-corrected chi connectivity index (χ3v) is 5.99. The van der Waals surface area contributed by atoms with Gasteiger partial charge in [-0.3, -0.25) is 9.59 Å². The molecule has 2 unspecified atom stereocenters.